The van der Waals surface area contributed by atoms with E-state index in [2.05, 4.69) is 136 Å². The van der Waals surface area contributed by atoms with E-state index < -0.39 is 0 Å². The Balaban J connectivity index is 1.94. The minimum atomic E-state index is 0.784. The highest BCUT2D eigenvalue weighted by molar-refractivity contribution is 14.1. The highest BCUT2D eigenvalue weighted by Crippen LogP contribution is 2.32. The first-order valence-corrected chi connectivity index (χ1v) is 14.4. The Hall–Kier alpha value is -0.960. The van der Waals surface area contributed by atoms with Gasteiger partial charge in [0.2, 0.25) is 0 Å². The second-order valence-electron chi connectivity index (χ2n) is 8.00. The van der Waals surface area contributed by atoms with Gasteiger partial charge in [-0.1, -0.05) is 20.8 Å². The molecule has 0 saturated heterocycles. The van der Waals surface area contributed by atoms with E-state index in [4.69, 9.17) is 0 Å². The molecule has 0 spiro atoms. The van der Waals surface area contributed by atoms with E-state index in [1.54, 1.807) is 0 Å². The Morgan fingerprint density at radius 1 is 0.515 bits per heavy atom. The maximum absolute atomic E-state index is 4.61. The zero-order chi connectivity index (χ0) is 23.5. The Morgan fingerprint density at radius 2 is 0.788 bits per heavy atom. The van der Waals surface area contributed by atoms with Crippen LogP contribution >= 0.6 is 67.8 Å². The molecule has 0 unspecified atom stereocenters. The number of rotatable bonds is 9. The first-order valence-electron chi connectivity index (χ1n) is 11.1. The molecule has 0 atom stereocenters. The molecule has 0 bridgehead atoms. The average molecular weight is 780 g/mol. The summed E-state index contributed by atoms with van der Waals surface area (Å²) in [5.41, 5.74) is 8.55. The lowest BCUT2D eigenvalue weighted by molar-refractivity contribution is 0.637. The molecule has 0 N–H and O–H groups in total. The second kappa shape index (κ2) is 11.2. The summed E-state index contributed by atoms with van der Waals surface area (Å²) in [6.07, 6.45) is 15.1. The summed E-state index contributed by atoms with van der Waals surface area (Å²) in [4.78, 5) is 0. The Kier molecular flexibility index (Phi) is 8.52. The molecule has 0 aliphatic rings. The fraction of sp³-hybridized carbons (Fsp3) is 0.375. The van der Waals surface area contributed by atoms with Crippen molar-refractivity contribution in [2.24, 2.45) is 0 Å². The van der Waals surface area contributed by atoms with Crippen LogP contribution in [0.15, 0.2) is 37.2 Å². The molecule has 33 heavy (non-hydrogen) atoms. The van der Waals surface area contributed by atoms with Crippen LogP contribution in [0.5, 0.6) is 0 Å². The van der Waals surface area contributed by atoms with Crippen molar-refractivity contribution < 1.29 is 0 Å². The molecule has 3 aromatic heterocycles. The van der Waals surface area contributed by atoms with Crippen LogP contribution in [0.2, 0.25) is 0 Å². The van der Waals surface area contributed by atoms with E-state index in [0.717, 1.165) is 49.6 Å². The number of hydrogen-bond donors (Lipinski definition) is 0. The number of aromatic nitrogens is 6. The van der Waals surface area contributed by atoms with Gasteiger partial charge in [-0.05, 0) is 120 Å². The van der Waals surface area contributed by atoms with Crippen molar-refractivity contribution >= 4 is 67.8 Å². The van der Waals surface area contributed by atoms with Gasteiger partial charge in [0.15, 0.2) is 0 Å². The van der Waals surface area contributed by atoms with Crippen molar-refractivity contribution in [3.8, 4) is 0 Å². The predicted octanol–water partition coefficient (Wildman–Crippen LogP) is 5.92. The predicted molar refractivity (Wildman–Crippen MR) is 157 cm³/mol. The van der Waals surface area contributed by atoms with Gasteiger partial charge in [-0.15, -0.1) is 0 Å². The lowest BCUT2D eigenvalue weighted by Gasteiger charge is -2.26. The SMILES string of the molecule is CCc1c(Cn2cc(I)cn2)c(CC)c(Cn2cc(I)cn2)c(CC)c1Cn1cc(I)cn1. The zero-order valence-corrected chi connectivity index (χ0v) is 25.5. The first-order chi connectivity index (χ1) is 15.9. The van der Waals surface area contributed by atoms with E-state index >= 15 is 0 Å². The monoisotopic (exact) mass is 780 g/mol. The van der Waals surface area contributed by atoms with Gasteiger partial charge in [-0.25, -0.2) is 0 Å². The summed E-state index contributed by atoms with van der Waals surface area (Å²) in [5.74, 6) is 0. The number of halogens is 3. The molecule has 0 aliphatic carbocycles. The molecular formula is C24H27I3N6. The van der Waals surface area contributed by atoms with E-state index in [9.17, 15) is 0 Å². The van der Waals surface area contributed by atoms with Crippen LogP contribution in [0.4, 0.5) is 0 Å². The molecule has 0 aliphatic heterocycles. The normalized spacial score (nSPS) is 11.5. The van der Waals surface area contributed by atoms with Crippen molar-refractivity contribution in [2.45, 2.75) is 59.7 Å². The lowest BCUT2D eigenvalue weighted by Crippen LogP contribution is -2.19. The smallest absolute Gasteiger partial charge is 0.0665 e. The van der Waals surface area contributed by atoms with E-state index in [0.29, 0.717) is 0 Å². The molecule has 174 valence electrons. The van der Waals surface area contributed by atoms with Crippen LogP contribution in [0.25, 0.3) is 0 Å². The van der Waals surface area contributed by atoms with Crippen LogP contribution in [0.1, 0.15) is 54.2 Å². The van der Waals surface area contributed by atoms with Crippen LogP contribution in [0.3, 0.4) is 0 Å². The standard InChI is InChI=1S/C24H27I3N6/c1-4-19-22(13-31-10-16(25)7-28-31)20(5-2)24(15-33-12-18(27)9-30-33)21(6-3)23(19)14-32-11-17(26)8-29-32/h7-12H,4-6,13-15H2,1-3H3. The largest absolute Gasteiger partial charge is 0.267 e. The quantitative estimate of drug-likeness (QED) is 0.199. The highest BCUT2D eigenvalue weighted by Gasteiger charge is 2.23. The Morgan fingerprint density at radius 3 is 0.970 bits per heavy atom. The molecule has 4 aromatic rings. The van der Waals surface area contributed by atoms with Crippen LogP contribution < -0.4 is 0 Å². The number of benzene rings is 1. The third-order valence-electron chi connectivity index (χ3n) is 6.01. The molecule has 3 heterocycles. The van der Waals surface area contributed by atoms with Gasteiger partial charge in [-0.2, -0.15) is 15.3 Å². The van der Waals surface area contributed by atoms with E-state index in [1.807, 2.05) is 18.6 Å². The molecule has 9 heteroatoms. The van der Waals surface area contributed by atoms with Crippen molar-refractivity contribution in [2.75, 3.05) is 0 Å². The molecule has 6 nitrogen and oxygen atoms in total. The maximum Gasteiger partial charge on any atom is 0.0665 e. The molecule has 1 aromatic carbocycles. The molecule has 0 saturated carbocycles. The minimum absolute atomic E-state index is 0.784. The summed E-state index contributed by atoms with van der Waals surface area (Å²) in [5, 5.41) is 13.8. The summed E-state index contributed by atoms with van der Waals surface area (Å²) < 4.78 is 9.69. The summed E-state index contributed by atoms with van der Waals surface area (Å²) >= 11 is 6.99. The van der Waals surface area contributed by atoms with E-state index in [-0.39, 0.29) is 0 Å². The Labute approximate surface area is 235 Å². The van der Waals surface area contributed by atoms with Gasteiger partial charge < -0.3 is 0 Å². The van der Waals surface area contributed by atoms with Gasteiger partial charge in [0.25, 0.3) is 0 Å². The van der Waals surface area contributed by atoms with Crippen molar-refractivity contribution in [3.63, 3.8) is 0 Å². The Bertz CT molecular complexity index is 1080. The average Bonchev–Trinajstić information content (AvgIpc) is 3.50. The van der Waals surface area contributed by atoms with Gasteiger partial charge in [0, 0.05) is 18.6 Å². The minimum Gasteiger partial charge on any atom is -0.267 e. The zero-order valence-electron chi connectivity index (χ0n) is 19.0. The molecular weight excluding hydrogens is 753 g/mol. The maximum atomic E-state index is 4.61. The van der Waals surface area contributed by atoms with Gasteiger partial charge in [0.1, 0.15) is 0 Å². The second-order valence-corrected chi connectivity index (χ2v) is 11.7. The van der Waals surface area contributed by atoms with E-state index in [1.165, 1.54) is 33.4 Å². The molecule has 0 fully saturated rings. The fourth-order valence-electron chi connectivity index (χ4n) is 4.71. The number of hydrogen-bond acceptors (Lipinski definition) is 3. The van der Waals surface area contributed by atoms with Crippen molar-refractivity contribution in [1.82, 2.24) is 29.3 Å². The number of nitrogens with zero attached hydrogens (tertiary/aromatic N) is 6. The topological polar surface area (TPSA) is 53.5 Å². The molecule has 4 rings (SSSR count). The van der Waals surface area contributed by atoms with Crippen LogP contribution in [0, 0.1) is 10.7 Å². The van der Waals surface area contributed by atoms with Crippen LogP contribution in [-0.2, 0) is 38.9 Å². The van der Waals surface area contributed by atoms with Gasteiger partial charge >= 0.3 is 0 Å². The summed E-state index contributed by atoms with van der Waals surface area (Å²) in [7, 11) is 0. The summed E-state index contributed by atoms with van der Waals surface area (Å²) in [6.45, 7) is 9.18. The third-order valence-corrected chi connectivity index (χ3v) is 7.68. The van der Waals surface area contributed by atoms with Crippen LogP contribution in [-0.4, -0.2) is 29.3 Å². The third kappa shape index (κ3) is 5.65. The van der Waals surface area contributed by atoms with Crippen molar-refractivity contribution in [1.29, 1.82) is 0 Å². The highest BCUT2D eigenvalue weighted by atomic mass is 127. The summed E-state index contributed by atoms with van der Waals surface area (Å²) in [6, 6.07) is 0. The molecule has 0 radical (unpaired) electrons. The van der Waals surface area contributed by atoms with Gasteiger partial charge in [-0.3, -0.25) is 14.0 Å². The fourth-order valence-corrected chi connectivity index (χ4v) is 6.04. The van der Waals surface area contributed by atoms with Crippen molar-refractivity contribution in [3.05, 3.63) is 81.3 Å². The first kappa shape index (κ1) is 25.1. The lowest BCUT2D eigenvalue weighted by atomic mass is 9.83. The molecule has 0 amide bonds. The van der Waals surface area contributed by atoms with Gasteiger partial charge in [0.05, 0.1) is 48.9 Å².